The van der Waals surface area contributed by atoms with Gasteiger partial charge in [0.05, 0.1) is 16.3 Å². The Hall–Kier alpha value is -2.77. The molecule has 3 aromatic rings. The highest BCUT2D eigenvalue weighted by Gasteiger charge is 2.12. The average molecular weight is 328 g/mol. The zero-order valence-corrected chi connectivity index (χ0v) is 12.6. The molecule has 0 heterocycles. The van der Waals surface area contributed by atoms with Crippen molar-refractivity contribution in [2.24, 2.45) is 10.2 Å². The highest BCUT2D eigenvalue weighted by atomic mass is 32.2. The molecule has 6 nitrogen and oxygen atoms in total. The molecular weight excluding hydrogens is 316 g/mol. The van der Waals surface area contributed by atoms with Crippen LogP contribution in [0.4, 0.5) is 11.4 Å². The number of phenols is 1. The van der Waals surface area contributed by atoms with Gasteiger partial charge in [-0.2, -0.15) is 13.5 Å². The summed E-state index contributed by atoms with van der Waals surface area (Å²) in [7, 11) is -4.31. The van der Waals surface area contributed by atoms with Crippen LogP contribution in [0.3, 0.4) is 0 Å². The molecule has 0 fully saturated rings. The SMILES string of the molecule is O=S(=O)(O)c1ccc2c(N=Nc3ccccc3)cc(O)cc2c1. The minimum absolute atomic E-state index is 0.0769. The van der Waals surface area contributed by atoms with Crippen LogP contribution in [-0.4, -0.2) is 18.1 Å². The molecule has 23 heavy (non-hydrogen) atoms. The van der Waals surface area contributed by atoms with Crippen LogP contribution in [0.2, 0.25) is 0 Å². The molecule has 7 heteroatoms. The fourth-order valence-electron chi connectivity index (χ4n) is 2.16. The minimum atomic E-state index is -4.31. The number of hydrogen-bond acceptors (Lipinski definition) is 5. The first-order valence-corrected chi connectivity index (χ1v) is 8.08. The number of nitrogens with zero attached hydrogens (tertiary/aromatic N) is 2. The summed E-state index contributed by atoms with van der Waals surface area (Å²) in [4.78, 5) is -0.249. The Morgan fingerprint density at radius 2 is 1.61 bits per heavy atom. The second-order valence-electron chi connectivity index (χ2n) is 4.86. The van der Waals surface area contributed by atoms with Gasteiger partial charge in [-0.15, -0.1) is 5.11 Å². The van der Waals surface area contributed by atoms with E-state index in [0.29, 0.717) is 22.1 Å². The van der Waals surface area contributed by atoms with Crippen molar-refractivity contribution in [3.05, 3.63) is 60.7 Å². The summed E-state index contributed by atoms with van der Waals surface area (Å²) in [5.41, 5.74) is 1.05. The quantitative estimate of drug-likeness (QED) is 0.555. The molecule has 3 aromatic carbocycles. The Bertz CT molecular complexity index is 999. The highest BCUT2D eigenvalue weighted by Crippen LogP contribution is 2.33. The summed E-state index contributed by atoms with van der Waals surface area (Å²) in [6.07, 6.45) is 0. The predicted octanol–water partition coefficient (Wildman–Crippen LogP) is 4.21. The molecule has 0 atom stereocenters. The number of rotatable bonds is 3. The number of phenolic OH excluding ortho intramolecular Hbond substituents is 1. The normalized spacial score (nSPS) is 12.0. The lowest BCUT2D eigenvalue weighted by Crippen LogP contribution is -1.97. The van der Waals surface area contributed by atoms with E-state index in [9.17, 15) is 13.5 Å². The van der Waals surface area contributed by atoms with Gasteiger partial charge in [0.2, 0.25) is 0 Å². The Balaban J connectivity index is 2.12. The van der Waals surface area contributed by atoms with E-state index in [2.05, 4.69) is 10.2 Å². The number of benzene rings is 3. The van der Waals surface area contributed by atoms with Gasteiger partial charge in [0.15, 0.2) is 0 Å². The second-order valence-corrected chi connectivity index (χ2v) is 6.28. The summed E-state index contributed by atoms with van der Waals surface area (Å²) in [5.74, 6) is -0.0769. The molecule has 0 aromatic heterocycles. The van der Waals surface area contributed by atoms with Crippen molar-refractivity contribution in [1.82, 2.24) is 0 Å². The van der Waals surface area contributed by atoms with Gasteiger partial charge in [0, 0.05) is 11.5 Å². The Kier molecular flexibility index (Phi) is 3.81. The molecule has 0 saturated heterocycles. The molecule has 116 valence electrons. The molecule has 0 bridgehead atoms. The molecule has 0 amide bonds. The summed E-state index contributed by atoms with van der Waals surface area (Å²) in [6.45, 7) is 0. The number of fused-ring (bicyclic) bond motifs is 1. The first kappa shape index (κ1) is 15.1. The largest absolute Gasteiger partial charge is 0.508 e. The Morgan fingerprint density at radius 1 is 0.870 bits per heavy atom. The zero-order chi connectivity index (χ0) is 16.4. The maximum absolute atomic E-state index is 11.2. The molecule has 0 aliphatic carbocycles. The average Bonchev–Trinajstić information content (AvgIpc) is 2.52. The maximum atomic E-state index is 11.2. The van der Waals surface area contributed by atoms with Crippen molar-refractivity contribution in [3.8, 4) is 5.75 Å². The van der Waals surface area contributed by atoms with E-state index in [1.165, 1.54) is 30.3 Å². The van der Waals surface area contributed by atoms with Gasteiger partial charge < -0.3 is 5.11 Å². The van der Waals surface area contributed by atoms with E-state index in [-0.39, 0.29) is 10.6 Å². The van der Waals surface area contributed by atoms with Crippen LogP contribution in [0.5, 0.6) is 5.75 Å². The van der Waals surface area contributed by atoms with E-state index in [1.807, 2.05) is 18.2 Å². The fourth-order valence-corrected chi connectivity index (χ4v) is 2.68. The Labute approximate surface area is 132 Å². The molecule has 0 aliphatic rings. The Morgan fingerprint density at radius 3 is 2.30 bits per heavy atom. The van der Waals surface area contributed by atoms with Crippen molar-refractivity contribution < 1.29 is 18.1 Å². The summed E-state index contributed by atoms with van der Waals surface area (Å²) >= 11 is 0. The maximum Gasteiger partial charge on any atom is 0.294 e. The van der Waals surface area contributed by atoms with E-state index >= 15 is 0 Å². The third-order valence-corrected chi connectivity index (χ3v) is 4.06. The van der Waals surface area contributed by atoms with Crippen LogP contribution in [0.1, 0.15) is 0 Å². The molecule has 0 aliphatic heterocycles. The van der Waals surface area contributed by atoms with Gasteiger partial charge in [0.25, 0.3) is 10.1 Å². The van der Waals surface area contributed by atoms with Crippen molar-refractivity contribution in [3.63, 3.8) is 0 Å². The smallest absolute Gasteiger partial charge is 0.294 e. The van der Waals surface area contributed by atoms with Gasteiger partial charge in [0.1, 0.15) is 5.75 Å². The molecule has 3 rings (SSSR count). The molecule has 0 radical (unpaired) electrons. The van der Waals surface area contributed by atoms with E-state index in [4.69, 9.17) is 4.55 Å². The van der Waals surface area contributed by atoms with Crippen LogP contribution in [0, 0.1) is 0 Å². The molecule has 0 spiro atoms. The van der Waals surface area contributed by atoms with Gasteiger partial charge >= 0.3 is 0 Å². The third-order valence-electron chi connectivity index (χ3n) is 3.21. The highest BCUT2D eigenvalue weighted by molar-refractivity contribution is 7.85. The van der Waals surface area contributed by atoms with Crippen molar-refractivity contribution >= 4 is 32.3 Å². The lowest BCUT2D eigenvalue weighted by Gasteiger charge is -2.05. The van der Waals surface area contributed by atoms with Gasteiger partial charge in [-0.25, -0.2) is 0 Å². The first-order valence-electron chi connectivity index (χ1n) is 6.64. The van der Waals surface area contributed by atoms with Gasteiger partial charge in [-0.05, 0) is 35.7 Å². The van der Waals surface area contributed by atoms with Crippen LogP contribution >= 0.6 is 0 Å². The van der Waals surface area contributed by atoms with E-state index in [0.717, 1.165) is 0 Å². The second kappa shape index (κ2) is 5.79. The third kappa shape index (κ3) is 3.36. The van der Waals surface area contributed by atoms with Crippen molar-refractivity contribution in [1.29, 1.82) is 0 Å². The fraction of sp³-hybridized carbons (Fsp3) is 0. The van der Waals surface area contributed by atoms with Crippen LogP contribution < -0.4 is 0 Å². The lowest BCUT2D eigenvalue weighted by atomic mass is 10.1. The number of hydrogen-bond donors (Lipinski definition) is 2. The number of azo groups is 1. The topological polar surface area (TPSA) is 99.3 Å². The first-order chi connectivity index (χ1) is 10.9. The monoisotopic (exact) mass is 328 g/mol. The molecule has 2 N–H and O–H groups in total. The van der Waals surface area contributed by atoms with E-state index in [1.54, 1.807) is 12.1 Å². The van der Waals surface area contributed by atoms with Crippen molar-refractivity contribution in [2.75, 3.05) is 0 Å². The predicted molar refractivity (Wildman–Crippen MR) is 86.0 cm³/mol. The van der Waals surface area contributed by atoms with Gasteiger partial charge in [-0.3, -0.25) is 4.55 Å². The molecule has 0 saturated carbocycles. The minimum Gasteiger partial charge on any atom is -0.508 e. The summed E-state index contributed by atoms with van der Waals surface area (Å²) in [6, 6.07) is 16.0. The molecular formula is C16H12N2O4S. The van der Waals surface area contributed by atoms with Crippen LogP contribution in [-0.2, 0) is 10.1 Å². The number of aromatic hydroxyl groups is 1. The standard InChI is InChI=1S/C16H12N2O4S/c19-13-8-11-9-14(23(20,21)22)6-7-15(11)16(10-13)18-17-12-4-2-1-3-5-12/h1-10,19H,(H,20,21,22). The summed E-state index contributed by atoms with van der Waals surface area (Å²) in [5, 5.41) is 19.0. The van der Waals surface area contributed by atoms with E-state index < -0.39 is 10.1 Å². The van der Waals surface area contributed by atoms with Crippen LogP contribution in [0.25, 0.3) is 10.8 Å². The van der Waals surface area contributed by atoms with Gasteiger partial charge in [-0.1, -0.05) is 24.3 Å². The summed E-state index contributed by atoms with van der Waals surface area (Å²) < 4.78 is 31.5. The van der Waals surface area contributed by atoms with Crippen molar-refractivity contribution in [2.45, 2.75) is 4.90 Å². The lowest BCUT2D eigenvalue weighted by molar-refractivity contribution is 0.476. The van der Waals surface area contributed by atoms with Crippen LogP contribution in [0.15, 0.2) is 75.8 Å². The molecule has 0 unspecified atom stereocenters. The zero-order valence-electron chi connectivity index (χ0n) is 11.8.